The van der Waals surface area contributed by atoms with Crippen molar-refractivity contribution < 1.29 is 14.6 Å². The second kappa shape index (κ2) is 10.9. The zero-order valence-corrected chi connectivity index (χ0v) is 10.6. The number of hydrogen-bond donors (Lipinski definition) is 1. The molecular formula is C12H25NO3. The molecule has 0 heterocycles. The molecule has 4 nitrogen and oxygen atoms in total. The SMILES string of the molecule is CC(=O)OCCN(C)CCCCCCCO. The van der Waals surface area contributed by atoms with E-state index in [0.29, 0.717) is 13.2 Å². The summed E-state index contributed by atoms with van der Waals surface area (Å²) in [6.07, 6.45) is 5.61. The summed E-state index contributed by atoms with van der Waals surface area (Å²) in [5.74, 6) is -0.211. The van der Waals surface area contributed by atoms with Gasteiger partial charge >= 0.3 is 5.97 Å². The maximum atomic E-state index is 10.5. The molecule has 0 rings (SSSR count). The van der Waals surface area contributed by atoms with Gasteiger partial charge in [-0.1, -0.05) is 19.3 Å². The van der Waals surface area contributed by atoms with Crippen molar-refractivity contribution in [1.29, 1.82) is 0 Å². The van der Waals surface area contributed by atoms with Gasteiger partial charge in [0.05, 0.1) is 0 Å². The Morgan fingerprint density at radius 3 is 2.38 bits per heavy atom. The number of ether oxygens (including phenoxy) is 1. The number of nitrogens with zero attached hydrogens (tertiary/aromatic N) is 1. The van der Waals surface area contributed by atoms with Crippen molar-refractivity contribution >= 4 is 5.97 Å². The molecule has 0 aliphatic heterocycles. The maximum absolute atomic E-state index is 10.5. The second-order valence-corrected chi connectivity index (χ2v) is 4.13. The zero-order chi connectivity index (χ0) is 12.2. The van der Waals surface area contributed by atoms with Crippen molar-refractivity contribution in [3.8, 4) is 0 Å². The minimum absolute atomic E-state index is 0.211. The third kappa shape index (κ3) is 11.5. The Bertz CT molecular complexity index is 174. The fourth-order valence-corrected chi connectivity index (χ4v) is 1.48. The third-order valence-electron chi connectivity index (χ3n) is 2.48. The lowest BCUT2D eigenvalue weighted by Crippen LogP contribution is -2.25. The van der Waals surface area contributed by atoms with Crippen LogP contribution in [0.4, 0.5) is 0 Å². The molecule has 0 aromatic carbocycles. The van der Waals surface area contributed by atoms with E-state index in [1.54, 1.807) is 0 Å². The Morgan fingerprint density at radius 2 is 1.75 bits per heavy atom. The maximum Gasteiger partial charge on any atom is 0.302 e. The van der Waals surface area contributed by atoms with Crippen LogP contribution in [0.5, 0.6) is 0 Å². The number of hydrogen-bond acceptors (Lipinski definition) is 4. The molecule has 0 saturated carbocycles. The zero-order valence-electron chi connectivity index (χ0n) is 10.6. The molecule has 0 bridgehead atoms. The van der Waals surface area contributed by atoms with E-state index in [9.17, 15) is 4.79 Å². The molecular weight excluding hydrogens is 206 g/mol. The van der Waals surface area contributed by atoms with Gasteiger partial charge in [0.1, 0.15) is 6.61 Å². The van der Waals surface area contributed by atoms with Gasteiger partial charge in [-0.15, -0.1) is 0 Å². The summed E-state index contributed by atoms with van der Waals surface area (Å²) < 4.78 is 4.86. The van der Waals surface area contributed by atoms with E-state index in [1.165, 1.54) is 26.2 Å². The van der Waals surface area contributed by atoms with Gasteiger partial charge in [0, 0.05) is 20.1 Å². The van der Waals surface area contributed by atoms with Crippen LogP contribution in [0.2, 0.25) is 0 Å². The predicted octanol–water partition coefficient (Wildman–Crippen LogP) is 1.42. The Balaban J connectivity index is 3.17. The van der Waals surface area contributed by atoms with Crippen LogP contribution in [0.3, 0.4) is 0 Å². The van der Waals surface area contributed by atoms with Gasteiger partial charge in [0.15, 0.2) is 0 Å². The first kappa shape index (κ1) is 15.4. The summed E-state index contributed by atoms with van der Waals surface area (Å²) in [5.41, 5.74) is 0. The lowest BCUT2D eigenvalue weighted by Gasteiger charge is -2.15. The molecule has 1 N–H and O–H groups in total. The monoisotopic (exact) mass is 231 g/mol. The van der Waals surface area contributed by atoms with Gasteiger partial charge < -0.3 is 14.7 Å². The number of carbonyl (C=O) groups excluding carboxylic acids is 1. The van der Waals surface area contributed by atoms with Crippen LogP contribution < -0.4 is 0 Å². The molecule has 0 atom stereocenters. The van der Waals surface area contributed by atoms with Gasteiger partial charge in [-0.3, -0.25) is 4.79 Å². The normalized spacial score (nSPS) is 10.8. The highest BCUT2D eigenvalue weighted by atomic mass is 16.5. The summed E-state index contributed by atoms with van der Waals surface area (Å²) in [6, 6.07) is 0. The number of carbonyl (C=O) groups is 1. The predicted molar refractivity (Wildman–Crippen MR) is 64.3 cm³/mol. The van der Waals surface area contributed by atoms with Crippen molar-refractivity contribution in [3.05, 3.63) is 0 Å². The van der Waals surface area contributed by atoms with Crippen LogP contribution in [0.15, 0.2) is 0 Å². The molecule has 0 aliphatic carbocycles. The van der Waals surface area contributed by atoms with Crippen molar-refractivity contribution in [2.75, 3.05) is 33.4 Å². The smallest absolute Gasteiger partial charge is 0.302 e. The van der Waals surface area contributed by atoms with Gasteiger partial charge in [-0.25, -0.2) is 0 Å². The quantitative estimate of drug-likeness (QED) is 0.456. The minimum atomic E-state index is -0.211. The van der Waals surface area contributed by atoms with Gasteiger partial charge in [-0.05, 0) is 26.4 Å². The molecule has 0 aromatic rings. The molecule has 0 aromatic heterocycles. The lowest BCUT2D eigenvalue weighted by molar-refractivity contribution is -0.141. The number of rotatable bonds is 10. The highest BCUT2D eigenvalue weighted by molar-refractivity contribution is 5.65. The van der Waals surface area contributed by atoms with Crippen molar-refractivity contribution in [3.63, 3.8) is 0 Å². The molecule has 0 unspecified atom stereocenters. The summed E-state index contributed by atoms with van der Waals surface area (Å²) in [4.78, 5) is 12.7. The van der Waals surface area contributed by atoms with Crippen molar-refractivity contribution in [1.82, 2.24) is 4.90 Å². The van der Waals surface area contributed by atoms with Crippen molar-refractivity contribution in [2.24, 2.45) is 0 Å². The van der Waals surface area contributed by atoms with E-state index in [2.05, 4.69) is 4.90 Å². The molecule has 0 amide bonds. The molecule has 0 spiro atoms. The Labute approximate surface area is 98.6 Å². The molecule has 4 heteroatoms. The van der Waals surface area contributed by atoms with Gasteiger partial charge in [0.25, 0.3) is 0 Å². The largest absolute Gasteiger partial charge is 0.465 e. The van der Waals surface area contributed by atoms with Crippen molar-refractivity contribution in [2.45, 2.75) is 39.0 Å². The van der Waals surface area contributed by atoms with Crippen LogP contribution in [-0.2, 0) is 9.53 Å². The van der Waals surface area contributed by atoms with E-state index < -0.39 is 0 Å². The van der Waals surface area contributed by atoms with E-state index in [0.717, 1.165) is 25.9 Å². The number of unbranched alkanes of at least 4 members (excludes halogenated alkanes) is 4. The highest BCUT2D eigenvalue weighted by Crippen LogP contribution is 2.03. The Morgan fingerprint density at radius 1 is 1.12 bits per heavy atom. The summed E-state index contributed by atoms with van der Waals surface area (Å²) >= 11 is 0. The summed E-state index contributed by atoms with van der Waals surface area (Å²) in [6.45, 7) is 4.07. The first-order valence-corrected chi connectivity index (χ1v) is 6.09. The van der Waals surface area contributed by atoms with E-state index in [4.69, 9.17) is 9.84 Å². The second-order valence-electron chi connectivity index (χ2n) is 4.13. The number of aliphatic hydroxyl groups excluding tert-OH is 1. The molecule has 0 radical (unpaired) electrons. The van der Waals surface area contributed by atoms with E-state index in [1.807, 2.05) is 7.05 Å². The first-order chi connectivity index (χ1) is 7.66. The van der Waals surface area contributed by atoms with Crippen LogP contribution in [-0.4, -0.2) is 49.3 Å². The summed E-state index contributed by atoms with van der Waals surface area (Å²) in [5, 5.41) is 8.60. The summed E-state index contributed by atoms with van der Waals surface area (Å²) in [7, 11) is 2.04. The van der Waals surface area contributed by atoms with Crippen LogP contribution in [0.25, 0.3) is 0 Å². The minimum Gasteiger partial charge on any atom is -0.465 e. The topological polar surface area (TPSA) is 49.8 Å². The number of likely N-dealkylation sites (N-methyl/N-ethyl adjacent to an activating group) is 1. The third-order valence-corrected chi connectivity index (χ3v) is 2.48. The average molecular weight is 231 g/mol. The van der Waals surface area contributed by atoms with E-state index in [-0.39, 0.29) is 5.97 Å². The van der Waals surface area contributed by atoms with Crippen LogP contribution >= 0.6 is 0 Å². The molecule has 16 heavy (non-hydrogen) atoms. The molecule has 0 saturated heterocycles. The van der Waals surface area contributed by atoms with Gasteiger partial charge in [-0.2, -0.15) is 0 Å². The Kier molecular flexibility index (Phi) is 10.5. The molecule has 96 valence electrons. The lowest BCUT2D eigenvalue weighted by atomic mass is 10.1. The van der Waals surface area contributed by atoms with E-state index >= 15 is 0 Å². The van der Waals surface area contributed by atoms with Crippen LogP contribution in [0.1, 0.15) is 39.0 Å². The fraction of sp³-hybridized carbons (Fsp3) is 0.917. The Hall–Kier alpha value is -0.610. The number of esters is 1. The average Bonchev–Trinajstić information content (AvgIpc) is 2.22. The fourth-order valence-electron chi connectivity index (χ4n) is 1.48. The number of aliphatic hydroxyl groups is 1. The van der Waals surface area contributed by atoms with Gasteiger partial charge in [0.2, 0.25) is 0 Å². The first-order valence-electron chi connectivity index (χ1n) is 6.09. The van der Waals surface area contributed by atoms with Crippen LogP contribution in [0, 0.1) is 0 Å². The molecule has 0 fully saturated rings. The highest BCUT2D eigenvalue weighted by Gasteiger charge is 1.99. The molecule has 0 aliphatic rings. The standard InChI is InChI=1S/C12H25NO3/c1-12(15)16-11-9-13(2)8-6-4-3-5-7-10-14/h14H,3-11H2,1-2H3.